The van der Waals surface area contributed by atoms with Gasteiger partial charge in [0.25, 0.3) is 0 Å². The van der Waals surface area contributed by atoms with Crippen molar-refractivity contribution in [2.45, 2.75) is 32.2 Å². The molecule has 0 saturated carbocycles. The van der Waals surface area contributed by atoms with Crippen molar-refractivity contribution < 1.29 is 13.5 Å². The molecule has 1 fully saturated rings. The molecule has 7 heteroatoms. The zero-order chi connectivity index (χ0) is 13.9. The summed E-state index contributed by atoms with van der Waals surface area (Å²) in [6.45, 7) is 2.11. The van der Waals surface area contributed by atoms with E-state index in [1.807, 2.05) is 0 Å². The number of hydrogen-bond acceptors (Lipinski definition) is 4. The summed E-state index contributed by atoms with van der Waals surface area (Å²) in [4.78, 5) is 4.03. The van der Waals surface area contributed by atoms with E-state index in [0.717, 1.165) is 18.5 Å². The lowest BCUT2D eigenvalue weighted by atomic mass is 10.1. The number of aliphatic hydroxyl groups is 1. The molecule has 0 radical (unpaired) electrons. The van der Waals surface area contributed by atoms with Gasteiger partial charge >= 0.3 is 10.2 Å². The number of nitrogens with zero attached hydrogens (tertiary/aromatic N) is 2. The second kappa shape index (κ2) is 5.85. The molecule has 0 aliphatic carbocycles. The van der Waals surface area contributed by atoms with Gasteiger partial charge in [-0.2, -0.15) is 12.7 Å². The van der Waals surface area contributed by atoms with Gasteiger partial charge in [-0.3, -0.25) is 9.71 Å². The number of hydrogen-bond donors (Lipinski definition) is 2. The minimum Gasteiger partial charge on any atom is -0.395 e. The average Bonchev–Trinajstić information content (AvgIpc) is 2.38. The van der Waals surface area contributed by atoms with E-state index in [1.165, 1.54) is 4.31 Å². The van der Waals surface area contributed by atoms with E-state index < -0.39 is 10.2 Å². The number of piperidine rings is 1. The lowest BCUT2D eigenvalue weighted by Crippen LogP contribution is -2.47. The molecule has 106 valence electrons. The van der Waals surface area contributed by atoms with Crippen LogP contribution in [0.5, 0.6) is 0 Å². The molecule has 19 heavy (non-hydrogen) atoms. The summed E-state index contributed by atoms with van der Waals surface area (Å²) in [7, 11) is -3.62. The molecule has 1 aliphatic rings. The monoisotopic (exact) mass is 285 g/mol. The third-order valence-corrected chi connectivity index (χ3v) is 4.83. The Labute approximate surface area is 113 Å². The van der Waals surface area contributed by atoms with Crippen LogP contribution >= 0.6 is 0 Å². The molecule has 0 spiro atoms. The van der Waals surface area contributed by atoms with Crippen LogP contribution in [-0.4, -0.2) is 42.0 Å². The van der Waals surface area contributed by atoms with Crippen molar-refractivity contribution in [2.24, 2.45) is 0 Å². The van der Waals surface area contributed by atoms with Gasteiger partial charge in [-0.1, -0.05) is 6.42 Å². The second-order valence-corrected chi connectivity index (χ2v) is 6.36. The predicted molar refractivity (Wildman–Crippen MR) is 72.9 cm³/mol. The number of rotatable bonds is 4. The summed E-state index contributed by atoms with van der Waals surface area (Å²) in [5.41, 5.74) is 1.24. The largest absolute Gasteiger partial charge is 0.395 e. The van der Waals surface area contributed by atoms with Crippen LogP contribution < -0.4 is 4.72 Å². The van der Waals surface area contributed by atoms with Gasteiger partial charge in [0.2, 0.25) is 0 Å². The highest BCUT2D eigenvalue weighted by Crippen LogP contribution is 2.21. The Balaban J connectivity index is 2.17. The first kappa shape index (κ1) is 14.2. The molecular formula is C12H19N3O3S. The molecule has 1 aromatic rings. The van der Waals surface area contributed by atoms with Crippen molar-refractivity contribution in [3.8, 4) is 0 Å². The highest BCUT2D eigenvalue weighted by Gasteiger charge is 2.31. The molecule has 0 aromatic carbocycles. The quantitative estimate of drug-likeness (QED) is 0.861. The summed E-state index contributed by atoms with van der Waals surface area (Å²) in [5.74, 6) is 0. The molecule has 1 aromatic heterocycles. The summed E-state index contributed by atoms with van der Waals surface area (Å²) in [6, 6.07) is 2.96. The van der Waals surface area contributed by atoms with Gasteiger partial charge in [-0.25, -0.2) is 0 Å². The molecule has 1 aliphatic heterocycles. The van der Waals surface area contributed by atoms with Crippen LogP contribution in [0.25, 0.3) is 0 Å². The Bertz CT molecular complexity index is 533. The number of nitrogens with one attached hydrogen (secondary N) is 1. The van der Waals surface area contributed by atoms with Crippen LogP contribution in [0.4, 0.5) is 5.69 Å². The lowest BCUT2D eigenvalue weighted by molar-refractivity contribution is 0.156. The smallest absolute Gasteiger partial charge is 0.301 e. The van der Waals surface area contributed by atoms with Crippen LogP contribution in [-0.2, 0) is 10.2 Å². The van der Waals surface area contributed by atoms with E-state index in [9.17, 15) is 13.5 Å². The number of anilines is 1. The fraction of sp³-hybridized carbons (Fsp3) is 0.583. The SMILES string of the molecule is Cc1cc(NS(=O)(=O)N2CCCCC2CO)ccn1. The van der Waals surface area contributed by atoms with Crippen molar-refractivity contribution in [1.82, 2.24) is 9.29 Å². The Morgan fingerprint density at radius 3 is 3.00 bits per heavy atom. The van der Waals surface area contributed by atoms with Crippen LogP contribution in [0.2, 0.25) is 0 Å². The maximum Gasteiger partial charge on any atom is 0.301 e. The Hall–Kier alpha value is -1.18. The van der Waals surface area contributed by atoms with E-state index in [4.69, 9.17) is 0 Å². The molecule has 0 amide bonds. The third-order valence-electron chi connectivity index (χ3n) is 3.24. The Morgan fingerprint density at radius 2 is 2.32 bits per heavy atom. The van der Waals surface area contributed by atoms with Crippen molar-refractivity contribution >= 4 is 15.9 Å². The van der Waals surface area contributed by atoms with Crippen molar-refractivity contribution in [1.29, 1.82) is 0 Å². The Kier molecular flexibility index (Phi) is 4.38. The fourth-order valence-electron chi connectivity index (χ4n) is 2.29. The highest BCUT2D eigenvalue weighted by atomic mass is 32.2. The van der Waals surface area contributed by atoms with Gasteiger partial charge in [0.15, 0.2) is 0 Å². The minimum absolute atomic E-state index is 0.143. The molecule has 2 heterocycles. The lowest BCUT2D eigenvalue weighted by Gasteiger charge is -2.33. The molecule has 1 saturated heterocycles. The minimum atomic E-state index is -3.62. The van der Waals surface area contributed by atoms with Gasteiger partial charge in [0.1, 0.15) is 0 Å². The molecule has 0 bridgehead atoms. The standard InChI is InChI=1S/C12H19N3O3S/c1-10-8-11(5-6-13-10)14-19(17,18)15-7-3-2-4-12(15)9-16/h5-6,8,12,16H,2-4,7,9H2,1H3,(H,13,14). The van der Waals surface area contributed by atoms with Crippen molar-refractivity contribution in [2.75, 3.05) is 17.9 Å². The zero-order valence-corrected chi connectivity index (χ0v) is 11.7. The van der Waals surface area contributed by atoms with Crippen LogP contribution in [0.1, 0.15) is 25.0 Å². The fourth-order valence-corrected chi connectivity index (χ4v) is 3.77. The molecule has 1 unspecified atom stereocenters. The molecule has 2 rings (SSSR count). The molecule has 1 atom stereocenters. The van der Waals surface area contributed by atoms with Crippen LogP contribution in [0.15, 0.2) is 18.3 Å². The zero-order valence-electron chi connectivity index (χ0n) is 10.9. The van der Waals surface area contributed by atoms with Gasteiger partial charge in [0.05, 0.1) is 12.3 Å². The van der Waals surface area contributed by atoms with E-state index in [2.05, 4.69) is 9.71 Å². The van der Waals surface area contributed by atoms with Gasteiger partial charge in [-0.15, -0.1) is 0 Å². The molecular weight excluding hydrogens is 266 g/mol. The van der Waals surface area contributed by atoms with E-state index in [0.29, 0.717) is 18.7 Å². The number of aliphatic hydroxyl groups excluding tert-OH is 1. The summed E-state index contributed by atoms with van der Waals surface area (Å²) >= 11 is 0. The molecule has 2 N–H and O–H groups in total. The maximum atomic E-state index is 12.3. The van der Waals surface area contributed by atoms with Gasteiger partial charge in [0, 0.05) is 24.5 Å². The first-order chi connectivity index (χ1) is 9.03. The van der Waals surface area contributed by atoms with E-state index >= 15 is 0 Å². The number of pyridine rings is 1. The highest BCUT2D eigenvalue weighted by molar-refractivity contribution is 7.90. The van der Waals surface area contributed by atoms with Crippen LogP contribution in [0, 0.1) is 6.92 Å². The van der Waals surface area contributed by atoms with Crippen LogP contribution in [0.3, 0.4) is 0 Å². The van der Waals surface area contributed by atoms with Gasteiger partial charge < -0.3 is 5.11 Å². The Morgan fingerprint density at radius 1 is 1.53 bits per heavy atom. The van der Waals surface area contributed by atoms with Crippen molar-refractivity contribution in [3.63, 3.8) is 0 Å². The summed E-state index contributed by atoms with van der Waals surface area (Å²) in [6.07, 6.45) is 4.04. The normalized spacial score (nSPS) is 21.3. The van der Waals surface area contributed by atoms with Gasteiger partial charge in [-0.05, 0) is 31.9 Å². The number of aromatic nitrogens is 1. The predicted octanol–water partition coefficient (Wildman–Crippen LogP) is 0.894. The first-order valence-electron chi connectivity index (χ1n) is 6.36. The first-order valence-corrected chi connectivity index (χ1v) is 7.80. The maximum absolute atomic E-state index is 12.3. The number of aryl methyl sites for hydroxylation is 1. The average molecular weight is 285 g/mol. The van der Waals surface area contributed by atoms with E-state index in [1.54, 1.807) is 25.3 Å². The topological polar surface area (TPSA) is 82.5 Å². The third kappa shape index (κ3) is 3.43. The van der Waals surface area contributed by atoms with E-state index in [-0.39, 0.29) is 12.6 Å². The second-order valence-electron chi connectivity index (χ2n) is 4.74. The summed E-state index contributed by atoms with van der Waals surface area (Å²) < 4.78 is 28.5. The molecule has 6 nitrogen and oxygen atoms in total. The van der Waals surface area contributed by atoms with Crippen molar-refractivity contribution in [3.05, 3.63) is 24.0 Å². The summed E-state index contributed by atoms with van der Waals surface area (Å²) in [5, 5.41) is 9.29.